The number of thiophene rings is 1. The van der Waals surface area contributed by atoms with E-state index in [1.165, 1.54) is 29.7 Å². The van der Waals surface area contributed by atoms with Crippen LogP contribution >= 0.6 is 11.3 Å². The van der Waals surface area contributed by atoms with Crippen LogP contribution in [0.2, 0.25) is 0 Å². The van der Waals surface area contributed by atoms with Crippen molar-refractivity contribution in [3.8, 4) is 12.3 Å². The van der Waals surface area contributed by atoms with Gasteiger partial charge in [0.25, 0.3) is 0 Å². The van der Waals surface area contributed by atoms with Gasteiger partial charge in [-0.1, -0.05) is 12.0 Å². The van der Waals surface area contributed by atoms with Crippen molar-refractivity contribution in [3.63, 3.8) is 0 Å². The molecule has 90 valence electrons. The van der Waals surface area contributed by atoms with E-state index in [2.05, 4.69) is 28.8 Å². The van der Waals surface area contributed by atoms with Gasteiger partial charge in [0.2, 0.25) is 0 Å². The molecule has 0 amide bonds. The molecule has 1 aromatic carbocycles. The molecule has 1 atom stereocenters. The molecule has 3 rings (SSSR count). The number of nitrogens with one attached hydrogen (secondary N) is 1. The predicted molar refractivity (Wildman–Crippen MR) is 78.0 cm³/mol. The van der Waals surface area contributed by atoms with Crippen molar-refractivity contribution < 1.29 is 0 Å². The Hall–Kier alpha value is -1.72. The van der Waals surface area contributed by atoms with Crippen LogP contribution in [0.1, 0.15) is 34.9 Å². The lowest BCUT2D eigenvalue weighted by Gasteiger charge is -2.24. The third-order valence-electron chi connectivity index (χ3n) is 3.42. The van der Waals surface area contributed by atoms with Crippen molar-refractivity contribution in [1.82, 2.24) is 0 Å². The van der Waals surface area contributed by atoms with Crippen molar-refractivity contribution in [2.45, 2.75) is 25.3 Å². The van der Waals surface area contributed by atoms with E-state index in [4.69, 9.17) is 6.42 Å². The topological polar surface area (TPSA) is 12.0 Å². The molecule has 1 aromatic heterocycles. The highest BCUT2D eigenvalue weighted by Crippen LogP contribution is 2.35. The van der Waals surface area contributed by atoms with Gasteiger partial charge in [0.15, 0.2) is 0 Å². The van der Waals surface area contributed by atoms with Crippen LogP contribution in [0.5, 0.6) is 0 Å². The molecule has 0 saturated heterocycles. The molecular formula is C16H15NS. The first-order valence-electron chi connectivity index (χ1n) is 6.26. The van der Waals surface area contributed by atoms with Gasteiger partial charge in [-0.15, -0.1) is 17.8 Å². The van der Waals surface area contributed by atoms with Gasteiger partial charge in [0.05, 0.1) is 6.04 Å². The van der Waals surface area contributed by atoms with Crippen LogP contribution in [0.15, 0.2) is 35.7 Å². The average Bonchev–Trinajstić information content (AvgIpc) is 2.88. The fraction of sp³-hybridized carbons (Fsp3) is 0.250. The molecule has 0 fully saturated rings. The number of rotatable bonds is 2. The van der Waals surface area contributed by atoms with Crippen molar-refractivity contribution in [1.29, 1.82) is 0 Å². The summed E-state index contributed by atoms with van der Waals surface area (Å²) < 4.78 is 0. The van der Waals surface area contributed by atoms with Gasteiger partial charge in [0.1, 0.15) is 0 Å². The molecule has 0 saturated carbocycles. The number of terminal acetylenes is 1. The van der Waals surface area contributed by atoms with Crippen LogP contribution in [-0.4, -0.2) is 0 Å². The van der Waals surface area contributed by atoms with Crippen molar-refractivity contribution >= 4 is 17.0 Å². The van der Waals surface area contributed by atoms with Gasteiger partial charge < -0.3 is 5.32 Å². The summed E-state index contributed by atoms with van der Waals surface area (Å²) >= 11 is 1.87. The maximum Gasteiger partial charge on any atom is 0.0524 e. The first-order valence-corrected chi connectivity index (χ1v) is 7.14. The Morgan fingerprint density at radius 2 is 2.28 bits per heavy atom. The zero-order chi connectivity index (χ0) is 12.4. The summed E-state index contributed by atoms with van der Waals surface area (Å²) in [7, 11) is 0. The summed E-state index contributed by atoms with van der Waals surface area (Å²) in [4.78, 5) is 1.53. The second-order valence-electron chi connectivity index (χ2n) is 4.61. The number of anilines is 1. The smallest absolute Gasteiger partial charge is 0.0524 e. The standard InChI is InChI=1S/C16H15NS/c1-2-12-5-3-6-13(11-12)17-15-7-4-8-16-14(15)9-10-18-16/h1,3,5-6,9-11,15,17H,4,7-8H2. The number of fused-ring (bicyclic) bond motifs is 1. The van der Waals surface area contributed by atoms with Crippen molar-refractivity contribution in [2.75, 3.05) is 5.32 Å². The Labute approximate surface area is 112 Å². The molecular weight excluding hydrogens is 238 g/mol. The van der Waals surface area contributed by atoms with E-state index < -0.39 is 0 Å². The Morgan fingerprint density at radius 1 is 1.33 bits per heavy atom. The molecule has 1 heterocycles. The SMILES string of the molecule is C#Cc1cccc(NC2CCCc3sccc32)c1. The number of hydrogen-bond acceptors (Lipinski definition) is 2. The Balaban J connectivity index is 1.84. The third kappa shape index (κ3) is 2.14. The van der Waals surface area contributed by atoms with Crippen LogP contribution in [0.4, 0.5) is 5.69 Å². The minimum atomic E-state index is 0.438. The van der Waals surface area contributed by atoms with Gasteiger partial charge in [0, 0.05) is 16.1 Å². The summed E-state index contributed by atoms with van der Waals surface area (Å²) in [5, 5.41) is 5.81. The van der Waals surface area contributed by atoms with Gasteiger partial charge in [-0.3, -0.25) is 0 Å². The average molecular weight is 253 g/mol. The van der Waals surface area contributed by atoms with E-state index in [-0.39, 0.29) is 0 Å². The molecule has 1 nitrogen and oxygen atoms in total. The van der Waals surface area contributed by atoms with Gasteiger partial charge in [-0.05, 0) is 54.5 Å². The van der Waals surface area contributed by atoms with E-state index in [0.29, 0.717) is 6.04 Å². The highest BCUT2D eigenvalue weighted by atomic mass is 32.1. The second kappa shape index (κ2) is 4.88. The third-order valence-corrected chi connectivity index (χ3v) is 4.42. The van der Waals surface area contributed by atoms with Gasteiger partial charge >= 0.3 is 0 Å². The minimum Gasteiger partial charge on any atom is -0.378 e. The summed E-state index contributed by atoms with van der Waals surface area (Å²) in [6.07, 6.45) is 9.13. The molecule has 18 heavy (non-hydrogen) atoms. The molecule has 0 spiro atoms. The second-order valence-corrected chi connectivity index (χ2v) is 5.61. The Bertz CT molecular complexity index is 591. The summed E-state index contributed by atoms with van der Waals surface area (Å²) in [5.41, 5.74) is 3.52. The molecule has 2 heteroatoms. The zero-order valence-corrected chi connectivity index (χ0v) is 11.0. The summed E-state index contributed by atoms with van der Waals surface area (Å²) in [5.74, 6) is 2.68. The number of benzene rings is 1. The quantitative estimate of drug-likeness (QED) is 0.790. The molecule has 1 aliphatic rings. The fourth-order valence-electron chi connectivity index (χ4n) is 2.54. The van der Waals surface area contributed by atoms with E-state index in [1.807, 2.05) is 29.5 Å². The highest BCUT2D eigenvalue weighted by molar-refractivity contribution is 7.10. The summed E-state index contributed by atoms with van der Waals surface area (Å²) in [6.45, 7) is 0. The predicted octanol–water partition coefficient (Wildman–Crippen LogP) is 4.22. The molecule has 1 N–H and O–H groups in total. The summed E-state index contributed by atoms with van der Waals surface area (Å²) in [6, 6.07) is 10.8. The van der Waals surface area contributed by atoms with Crippen LogP contribution in [0.3, 0.4) is 0 Å². The van der Waals surface area contributed by atoms with Crippen molar-refractivity contribution in [2.24, 2.45) is 0 Å². The first-order chi connectivity index (χ1) is 8.86. The zero-order valence-electron chi connectivity index (χ0n) is 10.1. The normalized spacial score (nSPS) is 17.8. The van der Waals surface area contributed by atoms with Gasteiger partial charge in [-0.2, -0.15) is 0 Å². The minimum absolute atomic E-state index is 0.438. The molecule has 1 aliphatic carbocycles. The lowest BCUT2D eigenvalue weighted by molar-refractivity contribution is 0.609. The molecule has 0 aliphatic heterocycles. The van der Waals surface area contributed by atoms with E-state index >= 15 is 0 Å². The molecule has 0 bridgehead atoms. The fourth-order valence-corrected chi connectivity index (χ4v) is 3.52. The van der Waals surface area contributed by atoms with Crippen LogP contribution in [0, 0.1) is 12.3 Å². The van der Waals surface area contributed by atoms with Crippen LogP contribution in [0.25, 0.3) is 0 Å². The van der Waals surface area contributed by atoms with Gasteiger partial charge in [-0.25, -0.2) is 0 Å². The van der Waals surface area contributed by atoms with E-state index in [1.54, 1.807) is 0 Å². The molecule has 2 aromatic rings. The van der Waals surface area contributed by atoms with Crippen molar-refractivity contribution in [3.05, 3.63) is 51.7 Å². The first kappa shape index (κ1) is 11.4. The molecule has 1 unspecified atom stereocenters. The number of aryl methyl sites for hydroxylation is 1. The van der Waals surface area contributed by atoms with E-state index in [9.17, 15) is 0 Å². The van der Waals surface area contributed by atoms with E-state index in [0.717, 1.165) is 11.3 Å². The maximum atomic E-state index is 5.44. The van der Waals surface area contributed by atoms with Crippen LogP contribution < -0.4 is 5.32 Å². The largest absolute Gasteiger partial charge is 0.378 e. The Morgan fingerprint density at radius 3 is 3.17 bits per heavy atom. The Kier molecular flexibility index (Phi) is 3.08. The molecule has 0 radical (unpaired) electrons. The van der Waals surface area contributed by atoms with Crippen LogP contribution in [-0.2, 0) is 6.42 Å². The lowest BCUT2D eigenvalue weighted by atomic mass is 9.94. The maximum absolute atomic E-state index is 5.44. The monoisotopic (exact) mass is 253 g/mol. The highest BCUT2D eigenvalue weighted by Gasteiger charge is 2.20. The lowest BCUT2D eigenvalue weighted by Crippen LogP contribution is -2.15. The number of hydrogen-bond donors (Lipinski definition) is 1.